The summed E-state index contributed by atoms with van der Waals surface area (Å²) in [6.45, 7) is 2.93. The molecule has 1 saturated heterocycles. The Morgan fingerprint density at radius 3 is 2.61 bits per heavy atom. The third-order valence-electron chi connectivity index (χ3n) is 6.16. The molecule has 1 N–H and O–H groups in total. The first-order valence-electron chi connectivity index (χ1n) is 9.84. The summed E-state index contributed by atoms with van der Waals surface area (Å²) in [6.07, 6.45) is 4.92. The van der Waals surface area contributed by atoms with Crippen molar-refractivity contribution in [2.75, 3.05) is 20.2 Å². The van der Waals surface area contributed by atoms with Gasteiger partial charge in [-0.2, -0.15) is 11.3 Å². The summed E-state index contributed by atoms with van der Waals surface area (Å²) in [4.78, 5) is 15.3. The molecule has 4 nitrogen and oxygen atoms in total. The van der Waals surface area contributed by atoms with E-state index in [2.05, 4.69) is 39.2 Å². The van der Waals surface area contributed by atoms with Crippen LogP contribution in [-0.4, -0.2) is 37.0 Å². The molecular weight excluding hydrogens is 392 g/mol. The zero-order valence-electron chi connectivity index (χ0n) is 16.4. The Hall–Kier alpha value is -1.56. The van der Waals surface area contributed by atoms with Gasteiger partial charge >= 0.3 is 0 Å². The average Bonchev–Trinajstić information content (AvgIpc) is 3.14. The van der Waals surface area contributed by atoms with Crippen LogP contribution in [0.2, 0.25) is 0 Å². The molecular formula is C22H29ClN2O2S. The van der Waals surface area contributed by atoms with Crippen LogP contribution in [0.25, 0.3) is 0 Å². The van der Waals surface area contributed by atoms with Crippen LogP contribution in [0.5, 0.6) is 5.75 Å². The van der Waals surface area contributed by atoms with E-state index in [-0.39, 0.29) is 18.3 Å². The number of benzene rings is 1. The van der Waals surface area contributed by atoms with Crippen molar-refractivity contribution in [1.29, 1.82) is 0 Å². The molecule has 6 heteroatoms. The standard InChI is InChI=1S/C22H28N2O2S.ClH/c1-26-19-5-2-17(3-6-19)4-7-21(25)24(15-18-8-13-27-16-18)20-14-22(20)9-11-23-12-10-22;/h2-3,5-6,8,13,16,20,23H,4,7,9-12,14-15H2,1H3;1H. The first kappa shape index (κ1) is 21.2. The van der Waals surface area contributed by atoms with E-state index in [1.54, 1.807) is 18.4 Å². The van der Waals surface area contributed by atoms with E-state index < -0.39 is 0 Å². The molecule has 1 unspecified atom stereocenters. The Morgan fingerprint density at radius 1 is 1.21 bits per heavy atom. The first-order chi connectivity index (χ1) is 13.2. The van der Waals surface area contributed by atoms with Crippen molar-refractivity contribution >= 4 is 29.7 Å². The van der Waals surface area contributed by atoms with Crippen molar-refractivity contribution < 1.29 is 9.53 Å². The highest BCUT2D eigenvalue weighted by atomic mass is 35.5. The molecule has 2 aliphatic rings. The first-order valence-corrected chi connectivity index (χ1v) is 10.8. The van der Waals surface area contributed by atoms with Gasteiger partial charge < -0.3 is 15.0 Å². The van der Waals surface area contributed by atoms with Gasteiger partial charge in [0.15, 0.2) is 0 Å². The molecule has 2 aromatic rings. The van der Waals surface area contributed by atoms with Crippen molar-refractivity contribution in [3.05, 3.63) is 52.2 Å². The number of methoxy groups -OCH3 is 1. The van der Waals surface area contributed by atoms with Gasteiger partial charge in [0.25, 0.3) is 0 Å². The maximum absolute atomic E-state index is 13.2. The van der Waals surface area contributed by atoms with E-state index in [1.165, 1.54) is 30.4 Å². The van der Waals surface area contributed by atoms with Crippen molar-refractivity contribution in [3.8, 4) is 5.75 Å². The van der Waals surface area contributed by atoms with Gasteiger partial charge in [0.2, 0.25) is 5.91 Å². The maximum atomic E-state index is 13.2. The van der Waals surface area contributed by atoms with E-state index in [4.69, 9.17) is 4.74 Å². The quantitative estimate of drug-likeness (QED) is 0.726. The molecule has 1 atom stereocenters. The Kier molecular flexibility index (Phi) is 7.02. The Labute approximate surface area is 177 Å². The summed E-state index contributed by atoms with van der Waals surface area (Å²) in [5.41, 5.74) is 2.82. The van der Waals surface area contributed by atoms with Crippen LogP contribution in [0, 0.1) is 5.41 Å². The molecule has 1 spiro atoms. The number of carbonyl (C=O) groups is 1. The van der Waals surface area contributed by atoms with Crippen LogP contribution in [-0.2, 0) is 17.8 Å². The number of ether oxygens (including phenoxy) is 1. The number of hydrogen-bond acceptors (Lipinski definition) is 4. The highest BCUT2D eigenvalue weighted by Gasteiger charge is 2.57. The van der Waals surface area contributed by atoms with Gasteiger partial charge in [-0.05, 0) is 84.3 Å². The maximum Gasteiger partial charge on any atom is 0.223 e. The van der Waals surface area contributed by atoms with Crippen molar-refractivity contribution in [2.45, 2.75) is 44.7 Å². The lowest BCUT2D eigenvalue weighted by atomic mass is 9.93. The van der Waals surface area contributed by atoms with Crippen LogP contribution in [0.15, 0.2) is 41.1 Å². The number of nitrogens with one attached hydrogen (secondary N) is 1. The molecule has 2 heterocycles. The minimum atomic E-state index is 0. The molecule has 2 fully saturated rings. The van der Waals surface area contributed by atoms with E-state index in [9.17, 15) is 4.79 Å². The Bertz CT molecular complexity index is 757. The second kappa shape index (κ2) is 9.29. The smallest absolute Gasteiger partial charge is 0.223 e. The summed E-state index contributed by atoms with van der Waals surface area (Å²) in [5.74, 6) is 1.15. The van der Waals surface area contributed by atoms with Gasteiger partial charge in [-0.15, -0.1) is 12.4 Å². The van der Waals surface area contributed by atoms with Crippen LogP contribution in [0.1, 0.15) is 36.8 Å². The van der Waals surface area contributed by atoms with Crippen LogP contribution in [0.4, 0.5) is 0 Å². The number of aryl methyl sites for hydroxylation is 1. The van der Waals surface area contributed by atoms with E-state index in [1.807, 2.05) is 12.1 Å². The molecule has 28 heavy (non-hydrogen) atoms. The molecule has 1 aliphatic carbocycles. The molecule has 1 saturated carbocycles. The fourth-order valence-electron chi connectivity index (χ4n) is 4.37. The van der Waals surface area contributed by atoms with Crippen molar-refractivity contribution in [2.24, 2.45) is 5.41 Å². The number of halogens is 1. The number of rotatable bonds is 7. The van der Waals surface area contributed by atoms with Crippen LogP contribution >= 0.6 is 23.7 Å². The normalized spacial score (nSPS) is 19.7. The van der Waals surface area contributed by atoms with Gasteiger partial charge in [0, 0.05) is 19.0 Å². The van der Waals surface area contributed by atoms with Gasteiger partial charge in [-0.1, -0.05) is 12.1 Å². The zero-order chi connectivity index (χ0) is 18.7. The minimum absolute atomic E-state index is 0. The zero-order valence-corrected chi connectivity index (χ0v) is 18.0. The fraction of sp³-hybridized carbons (Fsp3) is 0.500. The highest BCUT2D eigenvalue weighted by molar-refractivity contribution is 7.07. The van der Waals surface area contributed by atoms with Crippen molar-refractivity contribution in [3.63, 3.8) is 0 Å². The lowest BCUT2D eigenvalue weighted by molar-refractivity contribution is -0.133. The van der Waals surface area contributed by atoms with Gasteiger partial charge in [-0.3, -0.25) is 4.79 Å². The van der Waals surface area contributed by atoms with Crippen molar-refractivity contribution in [1.82, 2.24) is 10.2 Å². The van der Waals surface area contributed by atoms with Crippen LogP contribution in [0.3, 0.4) is 0 Å². The molecule has 1 aromatic carbocycles. The molecule has 0 radical (unpaired) electrons. The lowest BCUT2D eigenvalue weighted by Crippen LogP contribution is -2.39. The fourth-order valence-corrected chi connectivity index (χ4v) is 5.03. The molecule has 1 amide bonds. The second-order valence-corrected chi connectivity index (χ2v) is 8.61. The van der Waals surface area contributed by atoms with Gasteiger partial charge in [0.1, 0.15) is 5.75 Å². The summed E-state index contributed by atoms with van der Waals surface area (Å²) in [7, 11) is 1.67. The molecule has 1 aliphatic heterocycles. The summed E-state index contributed by atoms with van der Waals surface area (Å²) in [6, 6.07) is 10.6. The van der Waals surface area contributed by atoms with Crippen LogP contribution < -0.4 is 10.1 Å². The molecule has 4 rings (SSSR count). The predicted octanol–water partition coefficient (Wildman–Crippen LogP) is 4.28. The number of thiophene rings is 1. The minimum Gasteiger partial charge on any atom is -0.497 e. The monoisotopic (exact) mass is 420 g/mol. The number of hydrogen-bond donors (Lipinski definition) is 1. The SMILES string of the molecule is COc1ccc(CCC(=O)N(Cc2ccsc2)C2CC23CCNCC3)cc1.Cl. The lowest BCUT2D eigenvalue weighted by Gasteiger charge is -2.29. The van der Waals surface area contributed by atoms with Gasteiger partial charge in [-0.25, -0.2) is 0 Å². The molecule has 152 valence electrons. The Balaban J connectivity index is 0.00000225. The number of carbonyl (C=O) groups excluding carboxylic acids is 1. The predicted molar refractivity (Wildman–Crippen MR) is 116 cm³/mol. The number of nitrogens with zero attached hydrogens (tertiary/aromatic N) is 1. The highest BCUT2D eigenvalue weighted by Crippen LogP contribution is 2.56. The summed E-state index contributed by atoms with van der Waals surface area (Å²) < 4.78 is 5.22. The van der Waals surface area contributed by atoms with E-state index in [0.29, 0.717) is 17.9 Å². The van der Waals surface area contributed by atoms with Gasteiger partial charge in [0.05, 0.1) is 7.11 Å². The molecule has 0 bridgehead atoms. The third kappa shape index (κ3) is 4.70. The second-order valence-electron chi connectivity index (χ2n) is 7.83. The molecule has 1 aromatic heterocycles. The number of piperidine rings is 1. The summed E-state index contributed by atoms with van der Waals surface area (Å²) >= 11 is 1.71. The third-order valence-corrected chi connectivity index (χ3v) is 6.89. The topological polar surface area (TPSA) is 41.6 Å². The Morgan fingerprint density at radius 2 is 1.96 bits per heavy atom. The number of amides is 1. The van der Waals surface area contributed by atoms with E-state index in [0.717, 1.165) is 31.8 Å². The summed E-state index contributed by atoms with van der Waals surface area (Å²) in [5, 5.41) is 7.73. The van der Waals surface area contributed by atoms with E-state index >= 15 is 0 Å². The average molecular weight is 421 g/mol. The largest absolute Gasteiger partial charge is 0.497 e.